The molecule has 4 heterocycles. The second-order valence-electron chi connectivity index (χ2n) is 6.11. The van der Waals surface area contributed by atoms with Gasteiger partial charge < -0.3 is 5.32 Å². The molecule has 8 nitrogen and oxygen atoms in total. The highest BCUT2D eigenvalue weighted by molar-refractivity contribution is 7.22. The van der Waals surface area contributed by atoms with Crippen molar-refractivity contribution in [1.29, 1.82) is 0 Å². The number of aryl methyl sites for hydroxylation is 1. The Morgan fingerprint density at radius 1 is 1.22 bits per heavy atom. The SMILES string of the molecule is CCC(=O)c1cc(C)c(-c2cc3nc(NC(C)=O)sc3n3ncnc23)cn1. The molecule has 0 fully saturated rings. The lowest BCUT2D eigenvalue weighted by Gasteiger charge is -2.08. The molecular weight excluding hydrogens is 364 g/mol. The van der Waals surface area contributed by atoms with E-state index in [1.54, 1.807) is 16.8 Å². The molecule has 0 saturated carbocycles. The lowest BCUT2D eigenvalue weighted by atomic mass is 10.0. The Bertz CT molecular complexity index is 1210. The molecule has 136 valence electrons. The Hall–Kier alpha value is -3.20. The van der Waals surface area contributed by atoms with E-state index in [-0.39, 0.29) is 11.7 Å². The zero-order chi connectivity index (χ0) is 19.1. The zero-order valence-electron chi connectivity index (χ0n) is 15.0. The van der Waals surface area contributed by atoms with E-state index in [0.717, 1.165) is 21.5 Å². The van der Waals surface area contributed by atoms with Gasteiger partial charge in [0.05, 0.1) is 0 Å². The van der Waals surface area contributed by atoms with Crippen LogP contribution in [0, 0.1) is 6.92 Å². The largest absolute Gasteiger partial charge is 0.302 e. The number of thiazole rings is 1. The number of Topliss-reactive ketones (excluding diaryl/α,β-unsaturated/α-hetero) is 1. The van der Waals surface area contributed by atoms with Crippen LogP contribution in [0.5, 0.6) is 0 Å². The monoisotopic (exact) mass is 380 g/mol. The first-order valence-electron chi connectivity index (χ1n) is 8.39. The number of nitrogens with one attached hydrogen (secondary N) is 1. The molecule has 9 heteroatoms. The summed E-state index contributed by atoms with van der Waals surface area (Å²) >= 11 is 1.33. The molecule has 1 amide bonds. The molecule has 0 atom stereocenters. The van der Waals surface area contributed by atoms with Crippen LogP contribution < -0.4 is 5.32 Å². The van der Waals surface area contributed by atoms with E-state index in [0.29, 0.717) is 28.4 Å². The highest BCUT2D eigenvalue weighted by Crippen LogP contribution is 2.33. The second kappa shape index (κ2) is 6.51. The summed E-state index contributed by atoms with van der Waals surface area (Å²) in [6.45, 7) is 5.19. The number of nitrogens with zero attached hydrogens (tertiary/aromatic N) is 5. The Balaban J connectivity index is 1.92. The number of anilines is 1. The van der Waals surface area contributed by atoms with Gasteiger partial charge in [-0.1, -0.05) is 18.3 Å². The normalized spacial score (nSPS) is 11.2. The van der Waals surface area contributed by atoms with Gasteiger partial charge in [-0.05, 0) is 24.6 Å². The number of carbonyl (C=O) groups is 2. The van der Waals surface area contributed by atoms with Crippen molar-refractivity contribution in [2.24, 2.45) is 0 Å². The van der Waals surface area contributed by atoms with Gasteiger partial charge in [0.2, 0.25) is 5.91 Å². The summed E-state index contributed by atoms with van der Waals surface area (Å²) in [6.07, 6.45) is 3.58. The van der Waals surface area contributed by atoms with Crippen LogP contribution in [-0.2, 0) is 4.79 Å². The van der Waals surface area contributed by atoms with Crippen molar-refractivity contribution >= 4 is 44.2 Å². The van der Waals surface area contributed by atoms with Gasteiger partial charge >= 0.3 is 0 Å². The average molecular weight is 380 g/mol. The molecule has 0 unspecified atom stereocenters. The minimum absolute atomic E-state index is 0.00665. The maximum atomic E-state index is 11.9. The fourth-order valence-corrected chi connectivity index (χ4v) is 3.87. The maximum Gasteiger partial charge on any atom is 0.223 e. The van der Waals surface area contributed by atoms with Crippen molar-refractivity contribution in [2.75, 3.05) is 5.32 Å². The van der Waals surface area contributed by atoms with Gasteiger partial charge in [-0.25, -0.2) is 14.5 Å². The van der Waals surface area contributed by atoms with Crippen molar-refractivity contribution < 1.29 is 9.59 Å². The molecule has 27 heavy (non-hydrogen) atoms. The van der Waals surface area contributed by atoms with Crippen molar-refractivity contribution in [2.45, 2.75) is 27.2 Å². The third kappa shape index (κ3) is 2.95. The molecule has 0 bridgehead atoms. The predicted octanol–water partition coefficient (Wildman–Crippen LogP) is 3.26. The van der Waals surface area contributed by atoms with Crippen molar-refractivity contribution in [3.63, 3.8) is 0 Å². The third-order valence-electron chi connectivity index (χ3n) is 4.19. The molecule has 0 aliphatic carbocycles. The summed E-state index contributed by atoms with van der Waals surface area (Å²) in [5.74, 6) is -0.174. The Kier molecular flexibility index (Phi) is 4.15. The van der Waals surface area contributed by atoms with Gasteiger partial charge in [-0.2, -0.15) is 5.10 Å². The summed E-state index contributed by atoms with van der Waals surface area (Å²) in [7, 11) is 0. The first-order chi connectivity index (χ1) is 13.0. The Morgan fingerprint density at radius 3 is 2.74 bits per heavy atom. The number of amides is 1. The summed E-state index contributed by atoms with van der Waals surface area (Å²) in [5.41, 5.74) is 4.42. The van der Waals surface area contributed by atoms with Gasteiger partial charge in [0.25, 0.3) is 0 Å². The molecule has 0 radical (unpaired) electrons. The molecular formula is C18H16N6O2S. The smallest absolute Gasteiger partial charge is 0.223 e. The van der Waals surface area contributed by atoms with E-state index in [4.69, 9.17) is 0 Å². The zero-order valence-corrected chi connectivity index (χ0v) is 15.8. The topological polar surface area (TPSA) is 102 Å². The van der Waals surface area contributed by atoms with Crippen molar-refractivity contribution in [3.05, 3.63) is 35.9 Å². The fourth-order valence-electron chi connectivity index (χ4n) is 2.92. The minimum Gasteiger partial charge on any atom is -0.302 e. The molecule has 0 spiro atoms. The highest BCUT2D eigenvalue weighted by Gasteiger charge is 2.17. The standard InChI is InChI=1S/C18H16N6O2S/c1-4-15(26)13-5-9(2)12(7-19-13)11-6-14-17(24-16(11)20-8-21-24)27-18(23-14)22-10(3)25/h5-8H,4H2,1-3H3,(H,22,23,25). The third-order valence-corrected chi connectivity index (χ3v) is 5.15. The van der Waals surface area contributed by atoms with Crippen LogP contribution in [0.25, 0.3) is 27.1 Å². The van der Waals surface area contributed by atoms with E-state index in [1.165, 1.54) is 24.6 Å². The molecule has 4 aromatic rings. The minimum atomic E-state index is -0.180. The van der Waals surface area contributed by atoms with Crippen LogP contribution in [0.2, 0.25) is 0 Å². The summed E-state index contributed by atoms with van der Waals surface area (Å²) < 4.78 is 1.71. The van der Waals surface area contributed by atoms with Crippen LogP contribution in [0.1, 0.15) is 36.3 Å². The molecule has 0 saturated heterocycles. The highest BCUT2D eigenvalue weighted by atomic mass is 32.1. The van der Waals surface area contributed by atoms with Crippen LogP contribution in [0.15, 0.2) is 24.7 Å². The van der Waals surface area contributed by atoms with Gasteiger partial charge in [0.15, 0.2) is 16.6 Å². The van der Waals surface area contributed by atoms with Gasteiger partial charge in [-0.3, -0.25) is 14.6 Å². The molecule has 1 N–H and O–H groups in total. The molecule has 4 aromatic heterocycles. The Labute approximate surface area is 158 Å². The summed E-state index contributed by atoms with van der Waals surface area (Å²) in [4.78, 5) is 37.2. The number of hydrogen-bond donors (Lipinski definition) is 1. The van der Waals surface area contributed by atoms with Crippen molar-refractivity contribution in [3.8, 4) is 11.1 Å². The van der Waals surface area contributed by atoms with E-state index in [2.05, 4.69) is 25.4 Å². The number of ketones is 1. The number of aromatic nitrogens is 5. The molecule has 0 aromatic carbocycles. The number of hydrogen-bond acceptors (Lipinski definition) is 7. The van der Waals surface area contributed by atoms with Gasteiger partial charge in [0.1, 0.15) is 22.4 Å². The van der Waals surface area contributed by atoms with Crippen LogP contribution >= 0.6 is 11.3 Å². The Morgan fingerprint density at radius 2 is 2.04 bits per heavy atom. The first kappa shape index (κ1) is 17.2. The summed E-state index contributed by atoms with van der Waals surface area (Å²) in [5, 5.41) is 7.51. The van der Waals surface area contributed by atoms with E-state index >= 15 is 0 Å². The van der Waals surface area contributed by atoms with E-state index in [1.807, 2.05) is 19.9 Å². The molecule has 0 aliphatic heterocycles. The van der Waals surface area contributed by atoms with E-state index in [9.17, 15) is 9.59 Å². The lowest BCUT2D eigenvalue weighted by molar-refractivity contribution is -0.114. The van der Waals surface area contributed by atoms with Crippen molar-refractivity contribution in [1.82, 2.24) is 24.6 Å². The maximum absolute atomic E-state index is 11.9. The molecule has 0 aliphatic rings. The number of pyridine rings is 2. The predicted molar refractivity (Wildman–Crippen MR) is 103 cm³/mol. The number of fused-ring (bicyclic) bond motifs is 3. The summed E-state index contributed by atoms with van der Waals surface area (Å²) in [6, 6.07) is 3.70. The lowest BCUT2D eigenvalue weighted by Crippen LogP contribution is -2.04. The quantitative estimate of drug-likeness (QED) is 0.545. The number of carbonyl (C=O) groups excluding carboxylic acids is 2. The van der Waals surface area contributed by atoms with E-state index < -0.39 is 0 Å². The second-order valence-corrected chi connectivity index (χ2v) is 7.08. The van der Waals surface area contributed by atoms with Crippen LogP contribution in [-0.4, -0.2) is 36.3 Å². The van der Waals surface area contributed by atoms with Gasteiger partial charge in [0, 0.05) is 30.7 Å². The van der Waals surface area contributed by atoms with Crippen LogP contribution in [0.4, 0.5) is 5.13 Å². The fraction of sp³-hybridized carbons (Fsp3) is 0.222. The average Bonchev–Trinajstić information content (AvgIpc) is 3.26. The first-order valence-corrected chi connectivity index (χ1v) is 9.20. The molecule has 4 rings (SSSR count). The van der Waals surface area contributed by atoms with Crippen LogP contribution in [0.3, 0.4) is 0 Å². The number of rotatable bonds is 4. The van der Waals surface area contributed by atoms with Gasteiger partial charge in [-0.15, -0.1) is 0 Å².